The van der Waals surface area contributed by atoms with Crippen molar-refractivity contribution in [2.24, 2.45) is 0 Å². The minimum atomic E-state index is 0.0109. The normalized spacial score (nSPS) is 18.9. The van der Waals surface area contributed by atoms with Crippen molar-refractivity contribution in [3.8, 4) is 5.75 Å². The third kappa shape index (κ3) is 4.75. The summed E-state index contributed by atoms with van der Waals surface area (Å²) in [7, 11) is 0. The summed E-state index contributed by atoms with van der Waals surface area (Å²) < 4.78 is 5.49. The highest BCUT2D eigenvalue weighted by Gasteiger charge is 2.30. The molecule has 0 aliphatic carbocycles. The Hall–Kier alpha value is -2.47. The lowest BCUT2D eigenvalue weighted by Crippen LogP contribution is -2.39. The lowest BCUT2D eigenvalue weighted by atomic mass is 9.99. The van der Waals surface area contributed by atoms with Crippen LogP contribution in [0.5, 0.6) is 5.75 Å². The largest absolute Gasteiger partial charge is 0.494 e. The van der Waals surface area contributed by atoms with E-state index < -0.39 is 0 Å². The van der Waals surface area contributed by atoms with Crippen molar-refractivity contribution in [2.45, 2.75) is 58.0 Å². The minimum absolute atomic E-state index is 0.0109. The Labute approximate surface area is 172 Å². The second-order valence-corrected chi connectivity index (χ2v) is 7.80. The summed E-state index contributed by atoms with van der Waals surface area (Å²) >= 11 is 0. The molecule has 2 aliphatic rings. The molecule has 2 aliphatic heterocycles. The van der Waals surface area contributed by atoms with Crippen LogP contribution in [0.3, 0.4) is 0 Å². The number of nitrogens with zero attached hydrogens (tertiary/aromatic N) is 3. The molecule has 4 rings (SSSR count). The topological polar surface area (TPSA) is 67.3 Å². The number of ether oxygens (including phenoxy) is 1. The van der Waals surface area contributed by atoms with Gasteiger partial charge >= 0.3 is 0 Å². The van der Waals surface area contributed by atoms with Crippen LogP contribution in [0.1, 0.15) is 61.3 Å². The van der Waals surface area contributed by atoms with Gasteiger partial charge in [-0.2, -0.15) is 0 Å². The van der Waals surface area contributed by atoms with Crippen molar-refractivity contribution in [3.63, 3.8) is 0 Å². The number of piperidine rings is 1. The molecule has 0 saturated carbocycles. The van der Waals surface area contributed by atoms with E-state index in [1.165, 1.54) is 5.56 Å². The van der Waals surface area contributed by atoms with Gasteiger partial charge in [-0.1, -0.05) is 12.1 Å². The van der Waals surface area contributed by atoms with E-state index >= 15 is 0 Å². The van der Waals surface area contributed by atoms with Crippen LogP contribution in [0, 0.1) is 0 Å². The SMILES string of the molecule is CCOc1ccc(CCC(=O)N2CCCCC2c2ncc3c(n2)CCNC3)cc1. The molecule has 0 radical (unpaired) electrons. The Morgan fingerprint density at radius 2 is 2.14 bits per heavy atom. The van der Waals surface area contributed by atoms with E-state index in [-0.39, 0.29) is 11.9 Å². The van der Waals surface area contributed by atoms with Gasteiger partial charge < -0.3 is 15.0 Å². The number of carbonyl (C=O) groups is 1. The first-order valence-corrected chi connectivity index (χ1v) is 10.8. The zero-order valence-electron chi connectivity index (χ0n) is 17.2. The van der Waals surface area contributed by atoms with Gasteiger partial charge in [-0.15, -0.1) is 0 Å². The first-order valence-electron chi connectivity index (χ1n) is 10.8. The zero-order valence-corrected chi connectivity index (χ0v) is 17.2. The van der Waals surface area contributed by atoms with E-state index in [2.05, 4.69) is 10.3 Å². The molecule has 154 valence electrons. The first-order chi connectivity index (χ1) is 14.2. The lowest BCUT2D eigenvalue weighted by Gasteiger charge is -2.35. The van der Waals surface area contributed by atoms with Crippen LogP contribution in [-0.4, -0.2) is 40.5 Å². The van der Waals surface area contributed by atoms with Crippen molar-refractivity contribution < 1.29 is 9.53 Å². The van der Waals surface area contributed by atoms with Crippen molar-refractivity contribution >= 4 is 5.91 Å². The summed E-state index contributed by atoms with van der Waals surface area (Å²) in [4.78, 5) is 24.6. The number of aryl methyl sites for hydroxylation is 1. The molecule has 1 N–H and O–H groups in total. The third-order valence-electron chi connectivity index (χ3n) is 5.81. The number of amides is 1. The Morgan fingerprint density at radius 1 is 1.28 bits per heavy atom. The smallest absolute Gasteiger partial charge is 0.223 e. The number of nitrogens with one attached hydrogen (secondary N) is 1. The monoisotopic (exact) mass is 394 g/mol. The fourth-order valence-corrected chi connectivity index (χ4v) is 4.22. The molecular weight excluding hydrogens is 364 g/mol. The van der Waals surface area contributed by atoms with Crippen molar-refractivity contribution in [2.75, 3.05) is 19.7 Å². The van der Waals surface area contributed by atoms with Gasteiger partial charge in [0.2, 0.25) is 5.91 Å². The summed E-state index contributed by atoms with van der Waals surface area (Å²) in [5.74, 6) is 1.89. The van der Waals surface area contributed by atoms with Gasteiger partial charge in [-0.3, -0.25) is 4.79 Å². The fraction of sp³-hybridized carbons (Fsp3) is 0.522. The van der Waals surface area contributed by atoms with Gasteiger partial charge in [-0.05, 0) is 50.3 Å². The highest BCUT2D eigenvalue weighted by Crippen LogP contribution is 2.30. The van der Waals surface area contributed by atoms with Gasteiger partial charge in [0.25, 0.3) is 0 Å². The summed E-state index contributed by atoms with van der Waals surface area (Å²) in [5, 5.41) is 3.36. The highest BCUT2D eigenvalue weighted by atomic mass is 16.5. The Kier molecular flexibility index (Phi) is 6.39. The third-order valence-corrected chi connectivity index (χ3v) is 5.81. The predicted molar refractivity (Wildman–Crippen MR) is 112 cm³/mol. The second-order valence-electron chi connectivity index (χ2n) is 7.80. The number of rotatable bonds is 6. The zero-order chi connectivity index (χ0) is 20.1. The number of benzene rings is 1. The number of hydrogen-bond donors (Lipinski definition) is 1. The molecule has 0 bridgehead atoms. The van der Waals surface area contributed by atoms with Crippen LogP contribution in [0.25, 0.3) is 0 Å². The number of carbonyl (C=O) groups excluding carboxylic acids is 1. The van der Waals surface area contributed by atoms with Crippen molar-refractivity contribution in [1.29, 1.82) is 0 Å². The first kappa shape index (κ1) is 19.8. The number of fused-ring (bicyclic) bond motifs is 1. The predicted octanol–water partition coefficient (Wildman–Crippen LogP) is 3.21. The van der Waals surface area contributed by atoms with Crippen LogP contribution in [0.4, 0.5) is 0 Å². The Bertz CT molecular complexity index is 837. The molecule has 1 atom stereocenters. The van der Waals surface area contributed by atoms with Gasteiger partial charge in [-0.25, -0.2) is 9.97 Å². The maximum Gasteiger partial charge on any atom is 0.223 e. The molecule has 1 aromatic carbocycles. The van der Waals surface area contributed by atoms with Crippen LogP contribution in [-0.2, 0) is 24.2 Å². The molecule has 29 heavy (non-hydrogen) atoms. The molecular formula is C23H30N4O2. The molecule has 2 aromatic rings. The molecule has 6 heteroatoms. The molecule has 1 unspecified atom stereocenters. The average molecular weight is 395 g/mol. The average Bonchev–Trinajstić information content (AvgIpc) is 2.78. The van der Waals surface area contributed by atoms with Crippen LogP contribution < -0.4 is 10.1 Å². The van der Waals surface area contributed by atoms with Crippen molar-refractivity contribution in [1.82, 2.24) is 20.2 Å². The molecule has 0 spiro atoms. The molecule has 6 nitrogen and oxygen atoms in total. The van der Waals surface area contributed by atoms with Gasteiger partial charge in [0.05, 0.1) is 12.6 Å². The maximum atomic E-state index is 13.0. The Morgan fingerprint density at radius 3 is 2.97 bits per heavy atom. The molecule has 1 saturated heterocycles. The van der Waals surface area contributed by atoms with Crippen LogP contribution in [0.2, 0.25) is 0 Å². The number of likely N-dealkylation sites (tertiary alicyclic amines) is 1. The van der Waals surface area contributed by atoms with E-state index in [0.29, 0.717) is 13.0 Å². The second kappa shape index (κ2) is 9.35. The van der Waals surface area contributed by atoms with E-state index in [1.807, 2.05) is 42.3 Å². The summed E-state index contributed by atoms with van der Waals surface area (Å²) in [6.07, 6.45) is 7.26. The standard InChI is InChI=1S/C23H30N4O2/c1-2-29-19-9-6-17(7-10-19)8-11-22(28)27-14-4-3-5-21(27)23-25-16-18-15-24-13-12-20(18)26-23/h6-7,9-10,16,21,24H,2-5,8,11-15H2,1H3. The minimum Gasteiger partial charge on any atom is -0.494 e. The van der Waals surface area contributed by atoms with Gasteiger partial charge in [0.15, 0.2) is 5.82 Å². The van der Waals surface area contributed by atoms with E-state index in [0.717, 1.165) is 74.6 Å². The summed E-state index contributed by atoms with van der Waals surface area (Å²) in [6.45, 7) is 5.23. The molecule has 3 heterocycles. The number of hydrogen-bond acceptors (Lipinski definition) is 5. The molecule has 1 amide bonds. The highest BCUT2D eigenvalue weighted by molar-refractivity contribution is 5.77. The van der Waals surface area contributed by atoms with Crippen LogP contribution in [0.15, 0.2) is 30.5 Å². The summed E-state index contributed by atoms with van der Waals surface area (Å²) in [6, 6.07) is 8.06. The van der Waals surface area contributed by atoms with Crippen LogP contribution >= 0.6 is 0 Å². The lowest BCUT2D eigenvalue weighted by molar-refractivity contribution is -0.135. The van der Waals surface area contributed by atoms with Gasteiger partial charge in [0, 0.05) is 49.9 Å². The summed E-state index contributed by atoms with van der Waals surface area (Å²) in [5.41, 5.74) is 3.48. The van der Waals surface area contributed by atoms with Gasteiger partial charge in [0.1, 0.15) is 5.75 Å². The van der Waals surface area contributed by atoms with E-state index in [1.54, 1.807) is 0 Å². The molecule has 1 aromatic heterocycles. The maximum absolute atomic E-state index is 13.0. The van der Waals surface area contributed by atoms with E-state index in [4.69, 9.17) is 9.72 Å². The fourth-order valence-electron chi connectivity index (χ4n) is 4.22. The van der Waals surface area contributed by atoms with E-state index in [9.17, 15) is 4.79 Å². The quantitative estimate of drug-likeness (QED) is 0.815. The van der Waals surface area contributed by atoms with Crippen molar-refractivity contribution in [3.05, 3.63) is 53.1 Å². The Balaban J connectivity index is 1.42. The molecule has 1 fully saturated rings. The number of aromatic nitrogens is 2.